The van der Waals surface area contributed by atoms with Gasteiger partial charge in [-0.25, -0.2) is 9.97 Å². The van der Waals surface area contributed by atoms with E-state index in [1.54, 1.807) is 0 Å². The Morgan fingerprint density at radius 2 is 2.10 bits per heavy atom. The molecular formula is C13H23N5O2. The van der Waals surface area contributed by atoms with Crippen LogP contribution in [0.2, 0.25) is 0 Å². The monoisotopic (exact) mass is 281 g/mol. The maximum absolute atomic E-state index is 10.6. The minimum absolute atomic E-state index is 0.261. The van der Waals surface area contributed by atoms with Gasteiger partial charge in [-0.15, -0.1) is 0 Å². The number of ether oxygens (including phenoxy) is 1. The zero-order valence-electron chi connectivity index (χ0n) is 12.1. The van der Waals surface area contributed by atoms with Crippen LogP contribution in [0.3, 0.4) is 0 Å². The Bertz CT molecular complexity index is 425. The number of anilines is 2. The summed E-state index contributed by atoms with van der Waals surface area (Å²) < 4.78 is 5.31. The van der Waals surface area contributed by atoms with Crippen molar-refractivity contribution in [3.63, 3.8) is 0 Å². The zero-order valence-corrected chi connectivity index (χ0v) is 12.1. The lowest BCUT2D eigenvalue weighted by Crippen LogP contribution is -2.12. The first-order chi connectivity index (χ1) is 9.65. The van der Waals surface area contributed by atoms with Crippen molar-refractivity contribution in [2.45, 2.75) is 32.8 Å². The number of carbonyl (C=O) groups is 1. The zero-order chi connectivity index (χ0) is 14.8. The number of primary amides is 1. The van der Waals surface area contributed by atoms with Gasteiger partial charge < -0.3 is 21.1 Å². The third-order valence-corrected chi connectivity index (χ3v) is 2.62. The molecule has 0 aliphatic carbocycles. The van der Waals surface area contributed by atoms with Gasteiger partial charge in [0.15, 0.2) is 5.82 Å². The van der Waals surface area contributed by atoms with Crippen LogP contribution in [0.15, 0.2) is 6.07 Å². The fraction of sp³-hybridized carbons (Fsp3) is 0.615. The van der Waals surface area contributed by atoms with E-state index in [0.29, 0.717) is 25.5 Å². The topological polar surface area (TPSA) is 102 Å². The first kappa shape index (κ1) is 16.2. The van der Waals surface area contributed by atoms with E-state index < -0.39 is 0 Å². The molecular weight excluding hydrogens is 258 g/mol. The number of hydrogen-bond donors (Lipinski definition) is 3. The summed E-state index contributed by atoms with van der Waals surface area (Å²) in [5.74, 6) is 1.87. The van der Waals surface area contributed by atoms with Crippen LogP contribution in [-0.4, -0.2) is 36.1 Å². The molecule has 0 atom stereocenters. The van der Waals surface area contributed by atoms with E-state index in [4.69, 9.17) is 10.5 Å². The van der Waals surface area contributed by atoms with E-state index in [1.165, 1.54) is 0 Å². The Balaban J connectivity index is 2.48. The summed E-state index contributed by atoms with van der Waals surface area (Å²) >= 11 is 0. The van der Waals surface area contributed by atoms with Gasteiger partial charge in [0.2, 0.25) is 5.91 Å². The minimum Gasteiger partial charge on any atom is -0.374 e. The highest BCUT2D eigenvalue weighted by Crippen LogP contribution is 2.11. The number of unbranched alkanes of at least 4 members (excludes halogenated alkanes) is 1. The smallest absolute Gasteiger partial charge is 0.217 e. The minimum atomic E-state index is -0.261. The molecule has 0 aliphatic heterocycles. The predicted octanol–water partition coefficient (Wildman–Crippen LogP) is 1.12. The Morgan fingerprint density at radius 3 is 2.75 bits per heavy atom. The second kappa shape index (κ2) is 9.08. The fourth-order valence-corrected chi connectivity index (χ4v) is 1.61. The number of nitrogens with two attached hydrogens (primary N) is 1. The normalized spacial score (nSPS) is 10.3. The number of carbonyl (C=O) groups excluding carboxylic acids is 1. The highest BCUT2D eigenvalue weighted by molar-refractivity contribution is 5.73. The average molecular weight is 281 g/mol. The molecule has 1 aromatic rings. The quantitative estimate of drug-likeness (QED) is 0.555. The van der Waals surface area contributed by atoms with Crippen LogP contribution in [0.4, 0.5) is 11.6 Å². The first-order valence-electron chi connectivity index (χ1n) is 6.81. The third-order valence-electron chi connectivity index (χ3n) is 2.62. The van der Waals surface area contributed by atoms with E-state index in [2.05, 4.69) is 20.6 Å². The molecule has 1 heterocycles. The van der Waals surface area contributed by atoms with Gasteiger partial charge in [-0.2, -0.15) is 0 Å². The molecule has 0 bridgehead atoms. The first-order valence-corrected chi connectivity index (χ1v) is 6.81. The summed E-state index contributed by atoms with van der Waals surface area (Å²) in [7, 11) is 1.81. The van der Waals surface area contributed by atoms with Crippen molar-refractivity contribution >= 4 is 17.5 Å². The average Bonchev–Trinajstić information content (AvgIpc) is 2.44. The molecule has 1 amide bonds. The highest BCUT2D eigenvalue weighted by atomic mass is 16.5. The molecule has 1 aromatic heterocycles. The number of nitrogens with one attached hydrogen (secondary N) is 2. The molecule has 0 aromatic carbocycles. The Labute approximate surface area is 119 Å². The Morgan fingerprint density at radius 1 is 1.35 bits per heavy atom. The maximum atomic E-state index is 10.6. The number of hydrogen-bond acceptors (Lipinski definition) is 6. The van der Waals surface area contributed by atoms with Gasteiger partial charge in [-0.1, -0.05) is 0 Å². The second-order valence-corrected chi connectivity index (χ2v) is 4.29. The standard InChI is InChI=1S/C13H23N5O2/c1-3-20-9-13-17-11(15-2)8-12(18-13)16-7-5-4-6-10(14)19/h8H,3-7,9H2,1-2H3,(H2,14,19)(H2,15,16,17,18). The second-order valence-electron chi connectivity index (χ2n) is 4.29. The van der Waals surface area contributed by atoms with Crippen molar-refractivity contribution in [3.05, 3.63) is 11.9 Å². The van der Waals surface area contributed by atoms with Crippen molar-refractivity contribution in [1.29, 1.82) is 0 Å². The molecule has 112 valence electrons. The van der Waals surface area contributed by atoms with Crippen molar-refractivity contribution < 1.29 is 9.53 Å². The van der Waals surface area contributed by atoms with Crippen LogP contribution in [0, 0.1) is 0 Å². The molecule has 4 N–H and O–H groups in total. The predicted molar refractivity (Wildman–Crippen MR) is 78.4 cm³/mol. The maximum Gasteiger partial charge on any atom is 0.217 e. The number of amides is 1. The van der Waals surface area contributed by atoms with Crippen molar-refractivity contribution in [3.8, 4) is 0 Å². The lowest BCUT2D eigenvalue weighted by atomic mass is 10.2. The van der Waals surface area contributed by atoms with Crippen LogP contribution in [0.5, 0.6) is 0 Å². The molecule has 0 unspecified atom stereocenters. The molecule has 0 spiro atoms. The van der Waals surface area contributed by atoms with Gasteiger partial charge in [-0.05, 0) is 19.8 Å². The molecule has 0 fully saturated rings. The van der Waals surface area contributed by atoms with Gasteiger partial charge >= 0.3 is 0 Å². The largest absolute Gasteiger partial charge is 0.374 e. The summed E-state index contributed by atoms with van der Waals surface area (Å²) in [6.07, 6.45) is 2.06. The highest BCUT2D eigenvalue weighted by Gasteiger charge is 2.04. The molecule has 1 rings (SSSR count). The molecule has 7 nitrogen and oxygen atoms in total. The van der Waals surface area contributed by atoms with Crippen LogP contribution in [-0.2, 0) is 16.1 Å². The van der Waals surface area contributed by atoms with E-state index in [0.717, 1.165) is 31.0 Å². The van der Waals surface area contributed by atoms with E-state index in [1.807, 2.05) is 20.0 Å². The van der Waals surface area contributed by atoms with Crippen molar-refractivity contribution in [2.75, 3.05) is 30.8 Å². The molecule has 7 heteroatoms. The molecule has 0 saturated heterocycles. The van der Waals surface area contributed by atoms with E-state index >= 15 is 0 Å². The van der Waals surface area contributed by atoms with Crippen LogP contribution < -0.4 is 16.4 Å². The van der Waals surface area contributed by atoms with Crippen molar-refractivity contribution in [1.82, 2.24) is 9.97 Å². The summed E-state index contributed by atoms with van der Waals surface area (Å²) in [6, 6.07) is 1.84. The lowest BCUT2D eigenvalue weighted by molar-refractivity contribution is -0.118. The Hall–Kier alpha value is -1.89. The number of nitrogens with zero attached hydrogens (tertiary/aromatic N) is 2. The molecule has 20 heavy (non-hydrogen) atoms. The van der Waals surface area contributed by atoms with E-state index in [-0.39, 0.29) is 5.91 Å². The lowest BCUT2D eigenvalue weighted by Gasteiger charge is -2.09. The summed E-state index contributed by atoms with van der Waals surface area (Å²) in [6.45, 7) is 3.69. The van der Waals surface area contributed by atoms with Crippen LogP contribution >= 0.6 is 0 Å². The van der Waals surface area contributed by atoms with Gasteiger partial charge in [0.25, 0.3) is 0 Å². The summed E-state index contributed by atoms with van der Waals surface area (Å²) in [5, 5.41) is 6.20. The third kappa shape index (κ3) is 6.33. The summed E-state index contributed by atoms with van der Waals surface area (Å²) in [5.41, 5.74) is 5.09. The summed E-state index contributed by atoms with van der Waals surface area (Å²) in [4.78, 5) is 19.3. The van der Waals surface area contributed by atoms with Crippen LogP contribution in [0.1, 0.15) is 32.0 Å². The molecule has 0 radical (unpaired) electrons. The van der Waals surface area contributed by atoms with Gasteiger partial charge in [0.1, 0.15) is 18.2 Å². The SMILES string of the molecule is CCOCc1nc(NC)cc(NCCCCC(N)=O)n1. The molecule has 0 aliphatic rings. The molecule has 0 saturated carbocycles. The van der Waals surface area contributed by atoms with Gasteiger partial charge in [0, 0.05) is 32.7 Å². The van der Waals surface area contributed by atoms with Crippen molar-refractivity contribution in [2.24, 2.45) is 5.73 Å². The number of rotatable bonds is 10. The van der Waals surface area contributed by atoms with Crippen LogP contribution in [0.25, 0.3) is 0 Å². The Kier molecular flexibility index (Phi) is 7.34. The fourth-order valence-electron chi connectivity index (χ4n) is 1.61. The van der Waals surface area contributed by atoms with E-state index in [9.17, 15) is 4.79 Å². The number of aromatic nitrogens is 2. The van der Waals surface area contributed by atoms with Gasteiger partial charge in [0.05, 0.1) is 0 Å². The van der Waals surface area contributed by atoms with Gasteiger partial charge in [-0.3, -0.25) is 4.79 Å².